The van der Waals surface area contributed by atoms with E-state index in [0.717, 1.165) is 21.2 Å². The number of furan rings is 1. The van der Waals surface area contributed by atoms with E-state index >= 15 is 0 Å². The van der Waals surface area contributed by atoms with Crippen LogP contribution in [0.2, 0.25) is 0 Å². The summed E-state index contributed by atoms with van der Waals surface area (Å²) in [6, 6.07) is 7.80. The summed E-state index contributed by atoms with van der Waals surface area (Å²) >= 11 is 3.35. The molecule has 1 atom stereocenters. The van der Waals surface area contributed by atoms with Crippen molar-refractivity contribution >= 4 is 15.9 Å². The number of hydrogen-bond acceptors (Lipinski definition) is 2. The van der Waals surface area contributed by atoms with Crippen LogP contribution in [0.25, 0.3) is 0 Å². The number of hydrogen-bond donors (Lipinski definition) is 1. The summed E-state index contributed by atoms with van der Waals surface area (Å²) in [5.74, 6) is 0.550. The van der Waals surface area contributed by atoms with Crippen LogP contribution in [-0.4, -0.2) is 5.11 Å². The van der Waals surface area contributed by atoms with Crippen molar-refractivity contribution in [2.24, 2.45) is 0 Å². The van der Waals surface area contributed by atoms with Gasteiger partial charge in [-0.15, -0.1) is 0 Å². The third kappa shape index (κ3) is 2.06. The largest absolute Gasteiger partial charge is 0.465 e. The van der Waals surface area contributed by atoms with Crippen LogP contribution in [0.3, 0.4) is 0 Å². The fourth-order valence-corrected chi connectivity index (χ4v) is 2.11. The van der Waals surface area contributed by atoms with E-state index in [1.165, 1.54) is 0 Å². The smallest absolute Gasteiger partial charge is 0.150 e. The number of aliphatic hydroxyl groups is 1. The van der Waals surface area contributed by atoms with E-state index in [4.69, 9.17) is 4.42 Å². The molecule has 16 heavy (non-hydrogen) atoms. The lowest BCUT2D eigenvalue weighted by Crippen LogP contribution is -2.01. The van der Waals surface area contributed by atoms with Gasteiger partial charge in [-0.05, 0) is 47.0 Å². The summed E-state index contributed by atoms with van der Waals surface area (Å²) in [5.41, 5.74) is 3.07. The Morgan fingerprint density at radius 3 is 2.62 bits per heavy atom. The number of benzene rings is 1. The molecule has 1 aromatic heterocycles. The fourth-order valence-electron chi connectivity index (χ4n) is 1.70. The molecule has 0 amide bonds. The standard InChI is InChI=1S/C13H13BrO2/c1-8-3-4-9(2)10(7-8)12(15)13-11(14)5-6-16-13/h3-7,12,15H,1-2H3. The molecule has 0 aliphatic rings. The molecule has 1 N–H and O–H groups in total. The molecular weight excluding hydrogens is 268 g/mol. The zero-order valence-electron chi connectivity index (χ0n) is 9.20. The molecule has 0 fully saturated rings. The Hall–Kier alpha value is -1.06. The van der Waals surface area contributed by atoms with Gasteiger partial charge in [-0.3, -0.25) is 0 Å². The molecule has 1 heterocycles. The van der Waals surface area contributed by atoms with Crippen LogP contribution in [0, 0.1) is 13.8 Å². The van der Waals surface area contributed by atoms with Crippen molar-refractivity contribution in [3.63, 3.8) is 0 Å². The van der Waals surface area contributed by atoms with Crippen molar-refractivity contribution in [3.8, 4) is 0 Å². The number of aliphatic hydroxyl groups excluding tert-OH is 1. The summed E-state index contributed by atoms with van der Waals surface area (Å²) in [5, 5.41) is 10.2. The SMILES string of the molecule is Cc1ccc(C)c(C(O)c2occc2Br)c1. The minimum Gasteiger partial charge on any atom is -0.465 e. The lowest BCUT2D eigenvalue weighted by atomic mass is 9.99. The Kier molecular flexibility index (Phi) is 3.17. The minimum absolute atomic E-state index is 0.550. The van der Waals surface area contributed by atoms with Gasteiger partial charge in [0.25, 0.3) is 0 Å². The maximum atomic E-state index is 10.2. The highest BCUT2D eigenvalue weighted by molar-refractivity contribution is 9.10. The van der Waals surface area contributed by atoms with Crippen LogP contribution in [0.5, 0.6) is 0 Å². The van der Waals surface area contributed by atoms with Crippen molar-refractivity contribution in [1.29, 1.82) is 0 Å². The van der Waals surface area contributed by atoms with Crippen LogP contribution in [-0.2, 0) is 0 Å². The summed E-state index contributed by atoms with van der Waals surface area (Å²) in [6.07, 6.45) is 0.845. The summed E-state index contributed by atoms with van der Waals surface area (Å²) < 4.78 is 6.07. The van der Waals surface area contributed by atoms with Crippen molar-refractivity contribution in [2.75, 3.05) is 0 Å². The first kappa shape index (κ1) is 11.4. The van der Waals surface area contributed by atoms with E-state index in [1.54, 1.807) is 12.3 Å². The molecule has 0 spiro atoms. The molecule has 0 aliphatic heterocycles. The second-order valence-electron chi connectivity index (χ2n) is 3.90. The molecule has 2 aromatic rings. The Labute approximate surface area is 103 Å². The molecule has 0 radical (unpaired) electrons. The summed E-state index contributed by atoms with van der Waals surface area (Å²) in [7, 11) is 0. The van der Waals surface area contributed by atoms with Gasteiger partial charge in [-0.25, -0.2) is 0 Å². The predicted octanol–water partition coefficient (Wildman–Crippen LogP) is 3.74. The zero-order chi connectivity index (χ0) is 11.7. The molecule has 1 aromatic carbocycles. The highest BCUT2D eigenvalue weighted by Gasteiger charge is 2.18. The summed E-state index contributed by atoms with van der Waals surface area (Å²) in [6.45, 7) is 3.99. The highest BCUT2D eigenvalue weighted by Crippen LogP contribution is 2.31. The van der Waals surface area contributed by atoms with Crippen LogP contribution in [0.15, 0.2) is 39.4 Å². The minimum atomic E-state index is -0.718. The van der Waals surface area contributed by atoms with Gasteiger partial charge < -0.3 is 9.52 Å². The normalized spacial score (nSPS) is 12.8. The van der Waals surface area contributed by atoms with E-state index in [0.29, 0.717) is 5.76 Å². The van der Waals surface area contributed by atoms with Gasteiger partial charge in [0.2, 0.25) is 0 Å². The molecular formula is C13H13BrO2. The molecule has 3 heteroatoms. The molecule has 0 aliphatic carbocycles. The number of aryl methyl sites for hydroxylation is 2. The van der Waals surface area contributed by atoms with E-state index in [2.05, 4.69) is 15.9 Å². The van der Waals surface area contributed by atoms with Crippen molar-refractivity contribution in [3.05, 3.63) is 57.5 Å². The van der Waals surface area contributed by atoms with Gasteiger partial charge in [-0.1, -0.05) is 23.8 Å². The maximum absolute atomic E-state index is 10.2. The van der Waals surface area contributed by atoms with Gasteiger partial charge in [0, 0.05) is 0 Å². The van der Waals surface area contributed by atoms with Gasteiger partial charge in [-0.2, -0.15) is 0 Å². The molecule has 0 saturated heterocycles. The van der Waals surface area contributed by atoms with Gasteiger partial charge in [0.1, 0.15) is 6.10 Å². The first-order valence-corrected chi connectivity index (χ1v) is 5.87. The monoisotopic (exact) mass is 280 g/mol. The predicted molar refractivity (Wildman–Crippen MR) is 66.4 cm³/mol. The topological polar surface area (TPSA) is 33.4 Å². The van der Waals surface area contributed by atoms with E-state index in [9.17, 15) is 5.11 Å². The molecule has 2 nitrogen and oxygen atoms in total. The van der Waals surface area contributed by atoms with Gasteiger partial charge in [0.05, 0.1) is 10.7 Å². The lowest BCUT2D eigenvalue weighted by molar-refractivity contribution is 0.187. The van der Waals surface area contributed by atoms with E-state index in [1.807, 2.05) is 32.0 Å². The third-order valence-electron chi connectivity index (χ3n) is 2.62. The third-order valence-corrected chi connectivity index (χ3v) is 3.28. The van der Waals surface area contributed by atoms with Crippen molar-refractivity contribution < 1.29 is 9.52 Å². The quantitative estimate of drug-likeness (QED) is 0.909. The molecule has 0 bridgehead atoms. The number of halogens is 1. The fraction of sp³-hybridized carbons (Fsp3) is 0.231. The van der Waals surface area contributed by atoms with Crippen LogP contribution >= 0.6 is 15.9 Å². The Morgan fingerprint density at radius 2 is 2.00 bits per heavy atom. The second-order valence-corrected chi connectivity index (χ2v) is 4.75. The highest BCUT2D eigenvalue weighted by atomic mass is 79.9. The molecule has 1 unspecified atom stereocenters. The van der Waals surface area contributed by atoms with Crippen LogP contribution < -0.4 is 0 Å². The Morgan fingerprint density at radius 1 is 1.25 bits per heavy atom. The Balaban J connectivity index is 2.45. The maximum Gasteiger partial charge on any atom is 0.150 e. The lowest BCUT2D eigenvalue weighted by Gasteiger charge is -2.12. The van der Waals surface area contributed by atoms with Crippen LogP contribution in [0.4, 0.5) is 0 Å². The zero-order valence-corrected chi connectivity index (χ0v) is 10.8. The first-order valence-electron chi connectivity index (χ1n) is 5.07. The van der Waals surface area contributed by atoms with Gasteiger partial charge in [0.15, 0.2) is 5.76 Å². The van der Waals surface area contributed by atoms with Gasteiger partial charge >= 0.3 is 0 Å². The average Bonchev–Trinajstić information content (AvgIpc) is 2.67. The van der Waals surface area contributed by atoms with E-state index < -0.39 is 6.10 Å². The Bertz CT molecular complexity index is 502. The molecule has 2 rings (SSSR count). The average molecular weight is 281 g/mol. The summed E-state index contributed by atoms with van der Waals surface area (Å²) in [4.78, 5) is 0. The first-order chi connectivity index (χ1) is 7.59. The molecule has 84 valence electrons. The second kappa shape index (κ2) is 4.44. The molecule has 0 saturated carbocycles. The van der Waals surface area contributed by atoms with Crippen LogP contribution in [0.1, 0.15) is 28.6 Å². The van der Waals surface area contributed by atoms with Crippen molar-refractivity contribution in [2.45, 2.75) is 20.0 Å². The number of rotatable bonds is 2. The van der Waals surface area contributed by atoms with Crippen molar-refractivity contribution in [1.82, 2.24) is 0 Å². The van der Waals surface area contributed by atoms with E-state index in [-0.39, 0.29) is 0 Å².